The number of aromatic nitrogens is 3. The van der Waals surface area contributed by atoms with Gasteiger partial charge in [0, 0.05) is 43.9 Å². The van der Waals surface area contributed by atoms with E-state index >= 15 is 0 Å². The van der Waals surface area contributed by atoms with Gasteiger partial charge in [-0.15, -0.1) is 0 Å². The van der Waals surface area contributed by atoms with E-state index in [0.29, 0.717) is 35.7 Å². The molecule has 0 radical (unpaired) electrons. The second kappa shape index (κ2) is 7.00. The lowest BCUT2D eigenvalue weighted by molar-refractivity contribution is 0.0632. The van der Waals surface area contributed by atoms with Crippen LogP contribution in [0.4, 0.5) is 0 Å². The fourth-order valence-electron chi connectivity index (χ4n) is 3.67. The number of rotatable bonds is 3. The normalized spacial score (nSPS) is 20.1. The largest absolute Gasteiger partial charge is 0.440 e. The summed E-state index contributed by atoms with van der Waals surface area (Å²) in [6.07, 6.45) is 4.33. The lowest BCUT2D eigenvalue weighted by Gasteiger charge is -2.21. The van der Waals surface area contributed by atoms with Gasteiger partial charge in [-0.1, -0.05) is 0 Å². The van der Waals surface area contributed by atoms with E-state index in [1.807, 2.05) is 0 Å². The molecule has 1 saturated carbocycles. The average Bonchev–Trinajstić information content (AvgIpc) is 3.31. The molecule has 2 aromatic heterocycles. The SMILES string of the molecule is O=C(c1cn[nH]c1)N1CCN(C(=O)c2ccc3nc(C4CC4)oc3c2)CC(O)C1. The average molecular weight is 395 g/mol. The first kappa shape index (κ1) is 17.9. The highest BCUT2D eigenvalue weighted by atomic mass is 16.3. The van der Waals surface area contributed by atoms with Crippen molar-refractivity contribution in [3.63, 3.8) is 0 Å². The Bertz CT molecular complexity index is 1060. The van der Waals surface area contributed by atoms with Gasteiger partial charge in [0.2, 0.25) is 0 Å². The Hall–Kier alpha value is -3.20. The van der Waals surface area contributed by atoms with Crippen LogP contribution in [0, 0.1) is 0 Å². The van der Waals surface area contributed by atoms with Gasteiger partial charge >= 0.3 is 0 Å². The van der Waals surface area contributed by atoms with E-state index in [1.54, 1.807) is 28.0 Å². The summed E-state index contributed by atoms with van der Waals surface area (Å²) in [5, 5.41) is 16.8. The van der Waals surface area contributed by atoms with Crippen molar-refractivity contribution in [2.45, 2.75) is 24.9 Å². The van der Waals surface area contributed by atoms with Gasteiger partial charge < -0.3 is 19.3 Å². The molecule has 1 aromatic carbocycles. The van der Waals surface area contributed by atoms with Crippen molar-refractivity contribution in [1.29, 1.82) is 0 Å². The van der Waals surface area contributed by atoms with Crippen molar-refractivity contribution in [2.75, 3.05) is 26.2 Å². The molecule has 0 spiro atoms. The van der Waals surface area contributed by atoms with E-state index < -0.39 is 6.10 Å². The number of benzene rings is 1. The zero-order chi connectivity index (χ0) is 20.0. The van der Waals surface area contributed by atoms with Gasteiger partial charge in [0.1, 0.15) is 5.52 Å². The fourth-order valence-corrected chi connectivity index (χ4v) is 3.67. The number of β-amino-alcohol motifs (C(OH)–C–C–N with tert-alkyl or cyclic N) is 1. The van der Waals surface area contributed by atoms with Crippen LogP contribution in [-0.4, -0.2) is 74.2 Å². The molecule has 1 unspecified atom stereocenters. The number of aliphatic hydroxyl groups is 1. The summed E-state index contributed by atoms with van der Waals surface area (Å²) in [6.45, 7) is 1.000. The highest BCUT2D eigenvalue weighted by Gasteiger charge is 2.30. The van der Waals surface area contributed by atoms with Gasteiger partial charge in [0.15, 0.2) is 11.5 Å². The summed E-state index contributed by atoms with van der Waals surface area (Å²) in [4.78, 5) is 33.2. The molecule has 9 nitrogen and oxygen atoms in total. The number of aliphatic hydroxyl groups excluding tert-OH is 1. The molecule has 150 valence electrons. The van der Waals surface area contributed by atoms with Gasteiger partial charge in [-0.25, -0.2) is 4.98 Å². The second-order valence-corrected chi connectivity index (χ2v) is 7.65. The first-order valence-electron chi connectivity index (χ1n) is 9.74. The van der Waals surface area contributed by atoms with Gasteiger partial charge in [-0.2, -0.15) is 5.10 Å². The van der Waals surface area contributed by atoms with E-state index in [-0.39, 0.29) is 24.9 Å². The molecule has 2 N–H and O–H groups in total. The molecule has 1 aliphatic heterocycles. The van der Waals surface area contributed by atoms with Crippen LogP contribution in [0.15, 0.2) is 35.0 Å². The molecule has 2 fully saturated rings. The number of fused-ring (bicyclic) bond motifs is 1. The molecular weight excluding hydrogens is 374 g/mol. The van der Waals surface area contributed by atoms with Crippen molar-refractivity contribution >= 4 is 22.9 Å². The number of nitrogens with zero attached hydrogens (tertiary/aromatic N) is 4. The molecule has 0 bridgehead atoms. The van der Waals surface area contributed by atoms with Crippen LogP contribution in [0.25, 0.3) is 11.1 Å². The first-order valence-corrected chi connectivity index (χ1v) is 9.74. The molecular formula is C20H21N5O4. The maximum absolute atomic E-state index is 13.0. The molecule has 1 aliphatic carbocycles. The molecule has 2 aliphatic rings. The molecule has 1 atom stereocenters. The number of aromatic amines is 1. The van der Waals surface area contributed by atoms with Crippen molar-refractivity contribution in [3.8, 4) is 0 Å². The highest BCUT2D eigenvalue weighted by Crippen LogP contribution is 2.40. The smallest absolute Gasteiger partial charge is 0.257 e. The van der Waals surface area contributed by atoms with Crippen molar-refractivity contribution in [3.05, 3.63) is 47.6 Å². The molecule has 9 heteroatoms. The molecule has 2 amide bonds. The second-order valence-electron chi connectivity index (χ2n) is 7.65. The molecule has 5 rings (SSSR count). The Morgan fingerprint density at radius 2 is 1.83 bits per heavy atom. The summed E-state index contributed by atoms with van der Waals surface area (Å²) in [5.41, 5.74) is 2.26. The number of carbonyl (C=O) groups is 2. The summed E-state index contributed by atoms with van der Waals surface area (Å²) in [6, 6.07) is 5.23. The Labute approximate surface area is 166 Å². The van der Waals surface area contributed by atoms with Gasteiger partial charge in [-0.05, 0) is 31.0 Å². The lowest BCUT2D eigenvalue weighted by atomic mass is 10.1. The first-order chi connectivity index (χ1) is 14.1. The summed E-state index contributed by atoms with van der Waals surface area (Å²) >= 11 is 0. The molecule has 1 saturated heterocycles. The lowest BCUT2D eigenvalue weighted by Crippen LogP contribution is -2.37. The van der Waals surface area contributed by atoms with Crippen LogP contribution in [0.5, 0.6) is 0 Å². The van der Waals surface area contributed by atoms with E-state index in [0.717, 1.165) is 24.2 Å². The van der Waals surface area contributed by atoms with E-state index in [2.05, 4.69) is 15.2 Å². The minimum Gasteiger partial charge on any atom is -0.440 e. The van der Waals surface area contributed by atoms with E-state index in [1.165, 1.54) is 12.4 Å². The Morgan fingerprint density at radius 1 is 1.10 bits per heavy atom. The van der Waals surface area contributed by atoms with E-state index in [9.17, 15) is 14.7 Å². The van der Waals surface area contributed by atoms with Gasteiger partial charge in [0.25, 0.3) is 11.8 Å². The van der Waals surface area contributed by atoms with Crippen LogP contribution in [0.2, 0.25) is 0 Å². The van der Waals surface area contributed by atoms with Crippen LogP contribution in [-0.2, 0) is 0 Å². The number of nitrogens with one attached hydrogen (secondary N) is 1. The summed E-state index contributed by atoms with van der Waals surface area (Å²) in [7, 11) is 0. The third kappa shape index (κ3) is 3.49. The van der Waals surface area contributed by atoms with Crippen LogP contribution < -0.4 is 0 Å². The van der Waals surface area contributed by atoms with Crippen molar-refractivity contribution < 1.29 is 19.1 Å². The van der Waals surface area contributed by atoms with Gasteiger partial charge in [-0.3, -0.25) is 14.7 Å². The fraction of sp³-hybridized carbons (Fsp3) is 0.400. The van der Waals surface area contributed by atoms with Crippen LogP contribution in [0.1, 0.15) is 45.4 Å². The standard InChI is InChI=1S/C20H21N5O4/c26-15-10-24(5-6-25(11-15)20(28)14-8-21-22-9-14)19(27)13-3-4-16-17(7-13)29-18(23-16)12-1-2-12/h3-4,7-9,12,15,26H,1-2,5-6,10-11H2,(H,21,22). The van der Waals surface area contributed by atoms with Crippen LogP contribution in [0.3, 0.4) is 0 Å². The quantitative estimate of drug-likeness (QED) is 0.692. The maximum atomic E-state index is 13.0. The third-order valence-electron chi connectivity index (χ3n) is 5.40. The van der Waals surface area contributed by atoms with Crippen molar-refractivity contribution in [1.82, 2.24) is 25.0 Å². The number of amides is 2. The molecule has 29 heavy (non-hydrogen) atoms. The predicted molar refractivity (Wildman–Crippen MR) is 102 cm³/mol. The Morgan fingerprint density at radius 3 is 2.48 bits per heavy atom. The minimum absolute atomic E-state index is 0.162. The number of carbonyl (C=O) groups excluding carboxylic acids is 2. The molecule has 3 aromatic rings. The topological polar surface area (TPSA) is 116 Å². The number of H-pyrrole nitrogens is 1. The monoisotopic (exact) mass is 395 g/mol. The van der Waals surface area contributed by atoms with E-state index in [4.69, 9.17) is 4.42 Å². The summed E-state index contributed by atoms with van der Waals surface area (Å²) in [5.74, 6) is 0.722. The van der Waals surface area contributed by atoms with Gasteiger partial charge in [0.05, 0.1) is 17.9 Å². The zero-order valence-corrected chi connectivity index (χ0v) is 15.7. The predicted octanol–water partition coefficient (Wildman–Crippen LogP) is 1.39. The summed E-state index contributed by atoms with van der Waals surface area (Å²) < 4.78 is 5.81. The van der Waals surface area contributed by atoms with Crippen molar-refractivity contribution in [2.24, 2.45) is 0 Å². The van der Waals surface area contributed by atoms with Crippen LogP contribution >= 0.6 is 0 Å². The maximum Gasteiger partial charge on any atom is 0.257 e. The number of oxazole rings is 1. The third-order valence-corrected chi connectivity index (χ3v) is 5.40. The number of hydrogen-bond donors (Lipinski definition) is 2. The minimum atomic E-state index is -0.826. The highest BCUT2D eigenvalue weighted by molar-refractivity contribution is 5.97. The Balaban J connectivity index is 1.33. The molecule has 3 heterocycles. The number of hydrogen-bond acceptors (Lipinski definition) is 6. The Kier molecular flexibility index (Phi) is 4.31. The zero-order valence-electron chi connectivity index (χ0n) is 15.7.